The summed E-state index contributed by atoms with van der Waals surface area (Å²) >= 11 is 0. The van der Waals surface area contributed by atoms with Crippen LogP contribution in [0.15, 0.2) is 18.2 Å². The molecule has 1 rings (SSSR count). The lowest BCUT2D eigenvalue weighted by Gasteiger charge is -2.19. The Morgan fingerprint density at radius 3 is 2.33 bits per heavy atom. The van der Waals surface area contributed by atoms with Crippen LogP contribution < -0.4 is 5.32 Å². The van der Waals surface area contributed by atoms with E-state index in [0.29, 0.717) is 11.3 Å². The Hall–Kier alpha value is -1.84. The third kappa shape index (κ3) is 4.20. The van der Waals surface area contributed by atoms with Crippen LogP contribution >= 0.6 is 0 Å². The molecule has 1 amide bonds. The molecule has 18 heavy (non-hydrogen) atoms. The number of benzene rings is 1. The highest BCUT2D eigenvalue weighted by Gasteiger charge is 2.16. The molecule has 4 nitrogen and oxygen atoms in total. The number of ketones is 1. The molecule has 0 radical (unpaired) electrons. The molecule has 0 aliphatic heterocycles. The molecule has 0 bridgehead atoms. The van der Waals surface area contributed by atoms with Gasteiger partial charge in [-0.3, -0.25) is 10.1 Å². The number of anilines is 1. The van der Waals surface area contributed by atoms with Gasteiger partial charge in [0.25, 0.3) is 0 Å². The second-order valence-electron chi connectivity index (χ2n) is 5.21. The Balaban J connectivity index is 2.83. The Morgan fingerprint density at radius 2 is 1.83 bits per heavy atom. The third-order valence-electron chi connectivity index (χ3n) is 2.26. The number of ether oxygens (including phenoxy) is 1. The molecule has 0 fully saturated rings. The van der Waals surface area contributed by atoms with E-state index >= 15 is 0 Å². The summed E-state index contributed by atoms with van der Waals surface area (Å²) in [6, 6.07) is 5.19. The van der Waals surface area contributed by atoms with Crippen molar-refractivity contribution < 1.29 is 14.3 Å². The van der Waals surface area contributed by atoms with Crippen molar-refractivity contribution in [2.75, 3.05) is 5.32 Å². The fourth-order valence-electron chi connectivity index (χ4n) is 1.50. The topological polar surface area (TPSA) is 55.4 Å². The van der Waals surface area contributed by atoms with Gasteiger partial charge in [-0.25, -0.2) is 4.79 Å². The maximum Gasteiger partial charge on any atom is 0.412 e. The van der Waals surface area contributed by atoms with Crippen LogP contribution in [0, 0.1) is 6.92 Å². The zero-order chi connectivity index (χ0) is 13.9. The molecule has 4 heteroatoms. The molecule has 0 aliphatic rings. The monoisotopic (exact) mass is 249 g/mol. The van der Waals surface area contributed by atoms with Gasteiger partial charge in [-0.1, -0.05) is 6.07 Å². The number of hydrogen-bond donors (Lipinski definition) is 1. The standard InChI is InChI=1S/C14H19NO3/c1-9-6-7-11(8-12(9)10(2)16)15-13(17)18-14(3,4)5/h6-8H,1-5H3,(H,15,17). The summed E-state index contributed by atoms with van der Waals surface area (Å²) in [4.78, 5) is 23.0. The first kappa shape index (κ1) is 14.2. The summed E-state index contributed by atoms with van der Waals surface area (Å²) in [6.45, 7) is 8.74. The number of nitrogens with one attached hydrogen (secondary N) is 1. The highest BCUT2D eigenvalue weighted by molar-refractivity contribution is 5.97. The fraction of sp³-hybridized carbons (Fsp3) is 0.429. The zero-order valence-electron chi connectivity index (χ0n) is 11.5. The molecule has 98 valence electrons. The highest BCUT2D eigenvalue weighted by atomic mass is 16.6. The van der Waals surface area contributed by atoms with Crippen molar-refractivity contribution in [3.63, 3.8) is 0 Å². The summed E-state index contributed by atoms with van der Waals surface area (Å²) in [5.74, 6) is -0.0275. The van der Waals surface area contributed by atoms with E-state index in [4.69, 9.17) is 4.74 Å². The van der Waals surface area contributed by atoms with Crippen LogP contribution in [0.3, 0.4) is 0 Å². The van der Waals surface area contributed by atoms with Crippen molar-refractivity contribution in [2.45, 2.75) is 40.2 Å². The second-order valence-corrected chi connectivity index (χ2v) is 5.21. The molecular formula is C14H19NO3. The maximum atomic E-state index is 11.6. The quantitative estimate of drug-likeness (QED) is 0.815. The molecule has 0 aliphatic carbocycles. The van der Waals surface area contributed by atoms with Gasteiger partial charge in [0.2, 0.25) is 0 Å². The first-order valence-electron chi connectivity index (χ1n) is 5.80. The van der Waals surface area contributed by atoms with Crippen LogP contribution in [0.5, 0.6) is 0 Å². The van der Waals surface area contributed by atoms with Crippen LogP contribution in [0.4, 0.5) is 10.5 Å². The van der Waals surface area contributed by atoms with E-state index < -0.39 is 11.7 Å². The van der Waals surface area contributed by atoms with Crippen molar-refractivity contribution in [1.29, 1.82) is 0 Å². The lowest BCUT2D eigenvalue weighted by Crippen LogP contribution is -2.27. The van der Waals surface area contributed by atoms with E-state index in [0.717, 1.165) is 5.56 Å². The van der Waals surface area contributed by atoms with E-state index in [2.05, 4.69) is 5.32 Å². The van der Waals surface area contributed by atoms with Gasteiger partial charge in [-0.05, 0) is 52.3 Å². The largest absolute Gasteiger partial charge is 0.444 e. The van der Waals surface area contributed by atoms with E-state index in [9.17, 15) is 9.59 Å². The lowest BCUT2D eigenvalue weighted by atomic mass is 10.0. The molecule has 0 heterocycles. The smallest absolute Gasteiger partial charge is 0.412 e. The van der Waals surface area contributed by atoms with Crippen molar-refractivity contribution >= 4 is 17.6 Å². The molecule has 0 unspecified atom stereocenters. The third-order valence-corrected chi connectivity index (χ3v) is 2.26. The van der Waals surface area contributed by atoms with E-state index in [-0.39, 0.29) is 5.78 Å². The second kappa shape index (κ2) is 5.21. The van der Waals surface area contributed by atoms with Crippen molar-refractivity contribution in [3.05, 3.63) is 29.3 Å². The summed E-state index contributed by atoms with van der Waals surface area (Å²) in [5, 5.41) is 2.61. The van der Waals surface area contributed by atoms with Gasteiger partial charge in [0.1, 0.15) is 5.60 Å². The van der Waals surface area contributed by atoms with Crippen molar-refractivity contribution in [2.24, 2.45) is 0 Å². The van der Waals surface area contributed by atoms with E-state index in [1.165, 1.54) is 6.92 Å². The van der Waals surface area contributed by atoms with Crippen LogP contribution in [-0.4, -0.2) is 17.5 Å². The van der Waals surface area contributed by atoms with Crippen LogP contribution in [0.2, 0.25) is 0 Å². The van der Waals surface area contributed by atoms with Crippen LogP contribution in [0.1, 0.15) is 43.6 Å². The summed E-state index contributed by atoms with van der Waals surface area (Å²) < 4.78 is 5.14. The molecule has 1 aromatic carbocycles. The van der Waals surface area contributed by atoms with Crippen molar-refractivity contribution in [3.8, 4) is 0 Å². The Morgan fingerprint density at radius 1 is 1.22 bits per heavy atom. The molecule has 0 saturated carbocycles. The van der Waals surface area contributed by atoms with Gasteiger partial charge in [0.15, 0.2) is 5.78 Å². The number of amides is 1. The molecular weight excluding hydrogens is 230 g/mol. The van der Waals surface area contributed by atoms with Gasteiger partial charge in [-0.2, -0.15) is 0 Å². The van der Waals surface area contributed by atoms with Crippen LogP contribution in [-0.2, 0) is 4.74 Å². The fourth-order valence-corrected chi connectivity index (χ4v) is 1.50. The SMILES string of the molecule is CC(=O)c1cc(NC(=O)OC(C)(C)C)ccc1C. The zero-order valence-corrected chi connectivity index (χ0v) is 11.5. The number of carbonyl (C=O) groups is 2. The molecule has 0 saturated heterocycles. The Bertz CT molecular complexity index is 472. The highest BCUT2D eigenvalue weighted by Crippen LogP contribution is 2.17. The van der Waals surface area contributed by atoms with Gasteiger partial charge in [0.05, 0.1) is 0 Å². The van der Waals surface area contributed by atoms with E-state index in [1.54, 1.807) is 39.0 Å². The van der Waals surface area contributed by atoms with Gasteiger partial charge in [-0.15, -0.1) is 0 Å². The van der Waals surface area contributed by atoms with E-state index in [1.807, 2.05) is 6.92 Å². The molecule has 0 aromatic heterocycles. The average molecular weight is 249 g/mol. The first-order chi connectivity index (χ1) is 8.19. The Labute approximate surface area is 107 Å². The average Bonchev–Trinajstić information content (AvgIpc) is 2.17. The van der Waals surface area contributed by atoms with Gasteiger partial charge < -0.3 is 4.74 Å². The minimum absolute atomic E-state index is 0.0275. The number of rotatable bonds is 2. The number of carbonyl (C=O) groups excluding carboxylic acids is 2. The number of Topliss-reactive ketones (excluding diaryl/α,β-unsaturated/α-hetero) is 1. The van der Waals surface area contributed by atoms with Gasteiger partial charge in [0, 0.05) is 11.3 Å². The van der Waals surface area contributed by atoms with Gasteiger partial charge >= 0.3 is 6.09 Å². The number of aryl methyl sites for hydroxylation is 1. The summed E-state index contributed by atoms with van der Waals surface area (Å²) in [5.41, 5.74) is 1.50. The minimum atomic E-state index is -0.543. The molecule has 0 atom stereocenters. The molecule has 0 spiro atoms. The summed E-state index contributed by atoms with van der Waals surface area (Å²) in [6.07, 6.45) is -0.527. The predicted octanol–water partition coefficient (Wildman–Crippen LogP) is 3.54. The minimum Gasteiger partial charge on any atom is -0.444 e. The normalized spacial score (nSPS) is 10.9. The van der Waals surface area contributed by atoms with Crippen LogP contribution in [0.25, 0.3) is 0 Å². The predicted molar refractivity (Wildman–Crippen MR) is 71.0 cm³/mol. The van der Waals surface area contributed by atoms with Crippen molar-refractivity contribution in [1.82, 2.24) is 0 Å². The number of hydrogen-bond acceptors (Lipinski definition) is 3. The summed E-state index contributed by atoms with van der Waals surface area (Å²) in [7, 11) is 0. The first-order valence-corrected chi connectivity index (χ1v) is 5.80. The molecule has 1 N–H and O–H groups in total. The lowest BCUT2D eigenvalue weighted by molar-refractivity contribution is 0.0635. The Kier molecular flexibility index (Phi) is 4.11. The molecule has 1 aromatic rings. The maximum absolute atomic E-state index is 11.6.